The summed E-state index contributed by atoms with van der Waals surface area (Å²) in [6.07, 6.45) is 0.757. The third-order valence-electron chi connectivity index (χ3n) is 6.59. The molecule has 0 aliphatic rings. The van der Waals surface area contributed by atoms with Gasteiger partial charge in [-0.2, -0.15) is 0 Å². The van der Waals surface area contributed by atoms with Crippen molar-refractivity contribution in [3.05, 3.63) is 83.9 Å². The molecule has 3 rings (SSSR count). The average molecular weight is 608 g/mol. The topological polar surface area (TPSA) is 119 Å². The van der Waals surface area contributed by atoms with Crippen molar-refractivity contribution in [2.24, 2.45) is 5.92 Å². The summed E-state index contributed by atoms with van der Waals surface area (Å²) in [6, 6.07) is 21.1. The minimum atomic E-state index is -0.474. The summed E-state index contributed by atoms with van der Waals surface area (Å²) in [7, 11) is 1.59. The molecule has 0 aliphatic heterocycles. The third-order valence-corrected chi connectivity index (χ3v) is 6.59. The van der Waals surface area contributed by atoms with Gasteiger partial charge in [0.15, 0.2) is 0 Å². The molecule has 10 nitrogen and oxygen atoms in total. The highest BCUT2D eigenvalue weighted by atomic mass is 16.6. The molecule has 44 heavy (non-hydrogen) atoms. The standard InChI is InChI=1S/C34H41NO9/c1-4-25(2)33(37)43-24-22-41-20-18-39-17-19-40-21-23-42-30-13-11-29(12-14-30)34(38)44-31-15-9-27(10-16-31)26-5-7-28(8-6-26)32(36)35-3/h5-16,25H,4,17-24H2,1-3H3,(H,35,36). The normalized spacial score (nSPS) is 11.4. The van der Waals surface area contributed by atoms with Crippen molar-refractivity contribution < 1.29 is 42.8 Å². The molecule has 0 fully saturated rings. The Kier molecular flexibility index (Phi) is 14.9. The average Bonchev–Trinajstić information content (AvgIpc) is 3.06. The van der Waals surface area contributed by atoms with Gasteiger partial charge in [-0.1, -0.05) is 38.1 Å². The first-order chi connectivity index (χ1) is 21.4. The minimum Gasteiger partial charge on any atom is -0.491 e. The lowest BCUT2D eigenvalue weighted by atomic mass is 10.0. The predicted molar refractivity (Wildman–Crippen MR) is 165 cm³/mol. The molecule has 1 atom stereocenters. The summed E-state index contributed by atoms with van der Waals surface area (Å²) in [5, 5.41) is 2.60. The second-order valence-electron chi connectivity index (χ2n) is 9.76. The summed E-state index contributed by atoms with van der Waals surface area (Å²) in [5.41, 5.74) is 2.87. The van der Waals surface area contributed by atoms with E-state index in [-0.39, 0.29) is 24.4 Å². The molecular formula is C34H41NO9. The predicted octanol–water partition coefficient (Wildman–Crippen LogP) is 4.95. The van der Waals surface area contributed by atoms with Crippen LogP contribution in [0, 0.1) is 5.92 Å². The molecule has 1 amide bonds. The molecule has 0 radical (unpaired) electrons. The number of rotatable bonds is 19. The quantitative estimate of drug-likeness (QED) is 0.115. The maximum atomic E-state index is 12.6. The highest BCUT2D eigenvalue weighted by Gasteiger charge is 2.12. The minimum absolute atomic E-state index is 0.0905. The Labute approximate surface area is 258 Å². The summed E-state index contributed by atoms with van der Waals surface area (Å²) >= 11 is 0. The first-order valence-electron chi connectivity index (χ1n) is 14.7. The Bertz CT molecular complexity index is 1290. The van der Waals surface area contributed by atoms with Gasteiger partial charge in [0.25, 0.3) is 5.91 Å². The Morgan fingerprint density at radius 1 is 0.636 bits per heavy atom. The lowest BCUT2D eigenvalue weighted by Gasteiger charge is -2.10. The first-order valence-corrected chi connectivity index (χ1v) is 14.7. The molecule has 0 aliphatic carbocycles. The molecule has 10 heteroatoms. The molecule has 0 saturated heterocycles. The molecule has 0 heterocycles. The molecule has 3 aromatic rings. The van der Waals surface area contributed by atoms with Crippen LogP contribution in [-0.2, 0) is 23.7 Å². The van der Waals surface area contributed by atoms with E-state index in [1.54, 1.807) is 55.6 Å². The summed E-state index contributed by atoms with van der Waals surface area (Å²) in [5.74, 6) is 0.134. The second-order valence-corrected chi connectivity index (χ2v) is 9.76. The molecular weight excluding hydrogens is 566 g/mol. The van der Waals surface area contributed by atoms with E-state index in [4.69, 9.17) is 28.4 Å². The van der Waals surface area contributed by atoms with Gasteiger partial charge in [-0.05, 0) is 66.1 Å². The molecule has 3 aromatic carbocycles. The van der Waals surface area contributed by atoms with E-state index in [1.807, 2.05) is 38.1 Å². The van der Waals surface area contributed by atoms with Gasteiger partial charge in [-0.25, -0.2) is 4.79 Å². The van der Waals surface area contributed by atoms with Crippen LogP contribution in [0.1, 0.15) is 41.0 Å². The molecule has 0 saturated carbocycles. The number of carbonyl (C=O) groups is 3. The zero-order valence-corrected chi connectivity index (χ0v) is 25.5. The Hall–Kier alpha value is -4.25. The second kappa shape index (κ2) is 19.1. The highest BCUT2D eigenvalue weighted by molar-refractivity contribution is 5.94. The monoisotopic (exact) mass is 607 g/mol. The molecule has 236 valence electrons. The van der Waals surface area contributed by atoms with E-state index in [9.17, 15) is 14.4 Å². The molecule has 0 aromatic heterocycles. The Morgan fingerprint density at radius 2 is 1.11 bits per heavy atom. The smallest absolute Gasteiger partial charge is 0.343 e. The van der Waals surface area contributed by atoms with Gasteiger partial charge < -0.3 is 33.7 Å². The lowest BCUT2D eigenvalue weighted by Crippen LogP contribution is -2.18. The van der Waals surface area contributed by atoms with Crippen LogP contribution >= 0.6 is 0 Å². The van der Waals surface area contributed by atoms with Crippen LogP contribution in [-0.4, -0.2) is 77.7 Å². The van der Waals surface area contributed by atoms with Gasteiger partial charge in [0.2, 0.25) is 0 Å². The number of ether oxygens (including phenoxy) is 6. The van der Waals surface area contributed by atoms with Gasteiger partial charge in [0, 0.05) is 12.6 Å². The summed E-state index contributed by atoms with van der Waals surface area (Å²) < 4.78 is 32.6. The largest absolute Gasteiger partial charge is 0.491 e. The van der Waals surface area contributed by atoms with Crippen molar-refractivity contribution in [1.29, 1.82) is 0 Å². The van der Waals surface area contributed by atoms with Crippen LogP contribution in [0.15, 0.2) is 72.8 Å². The van der Waals surface area contributed by atoms with Crippen molar-refractivity contribution >= 4 is 17.8 Å². The van der Waals surface area contributed by atoms with Gasteiger partial charge in [-0.3, -0.25) is 9.59 Å². The van der Waals surface area contributed by atoms with E-state index in [1.165, 1.54) is 0 Å². The number of hydrogen-bond donors (Lipinski definition) is 1. The van der Waals surface area contributed by atoms with Gasteiger partial charge >= 0.3 is 11.9 Å². The number of carbonyl (C=O) groups excluding carboxylic acids is 3. The zero-order chi connectivity index (χ0) is 31.6. The van der Waals surface area contributed by atoms with Gasteiger partial charge in [0.1, 0.15) is 24.7 Å². The Morgan fingerprint density at radius 3 is 1.66 bits per heavy atom. The van der Waals surface area contributed by atoms with Crippen molar-refractivity contribution in [3.63, 3.8) is 0 Å². The van der Waals surface area contributed by atoms with Gasteiger partial charge in [0.05, 0.1) is 51.1 Å². The highest BCUT2D eigenvalue weighted by Crippen LogP contribution is 2.24. The van der Waals surface area contributed by atoms with E-state index >= 15 is 0 Å². The van der Waals surface area contributed by atoms with Gasteiger partial charge in [-0.15, -0.1) is 0 Å². The van der Waals surface area contributed by atoms with Crippen molar-refractivity contribution in [2.45, 2.75) is 20.3 Å². The maximum Gasteiger partial charge on any atom is 0.343 e. The molecule has 1 unspecified atom stereocenters. The zero-order valence-electron chi connectivity index (χ0n) is 25.5. The number of hydrogen-bond acceptors (Lipinski definition) is 9. The van der Waals surface area contributed by atoms with E-state index in [0.29, 0.717) is 68.9 Å². The van der Waals surface area contributed by atoms with E-state index in [2.05, 4.69) is 5.32 Å². The number of amides is 1. The fourth-order valence-corrected chi connectivity index (χ4v) is 3.80. The van der Waals surface area contributed by atoms with Crippen LogP contribution in [0.25, 0.3) is 11.1 Å². The summed E-state index contributed by atoms with van der Waals surface area (Å²) in [4.78, 5) is 35.8. The maximum absolute atomic E-state index is 12.6. The van der Waals surface area contributed by atoms with Crippen molar-refractivity contribution in [1.82, 2.24) is 5.32 Å². The molecule has 0 bridgehead atoms. The lowest BCUT2D eigenvalue weighted by molar-refractivity contribution is -0.149. The fraction of sp³-hybridized carbons (Fsp3) is 0.382. The fourth-order valence-electron chi connectivity index (χ4n) is 3.80. The summed E-state index contributed by atoms with van der Waals surface area (Å²) in [6.45, 7) is 6.80. The number of nitrogens with one attached hydrogen (secondary N) is 1. The van der Waals surface area contributed by atoms with E-state index < -0.39 is 5.97 Å². The van der Waals surface area contributed by atoms with E-state index in [0.717, 1.165) is 17.5 Å². The van der Waals surface area contributed by atoms with Crippen LogP contribution < -0.4 is 14.8 Å². The van der Waals surface area contributed by atoms with Crippen LogP contribution in [0.2, 0.25) is 0 Å². The Balaban J connectivity index is 1.25. The van der Waals surface area contributed by atoms with Crippen molar-refractivity contribution in [3.8, 4) is 22.6 Å². The van der Waals surface area contributed by atoms with Crippen LogP contribution in [0.3, 0.4) is 0 Å². The third kappa shape index (κ3) is 11.8. The number of esters is 2. The SMILES string of the molecule is CCC(C)C(=O)OCCOCCOCCOCCOc1ccc(C(=O)Oc2ccc(-c3ccc(C(=O)NC)cc3)cc2)cc1. The number of benzene rings is 3. The van der Waals surface area contributed by atoms with Crippen LogP contribution in [0.4, 0.5) is 0 Å². The molecule has 0 spiro atoms. The van der Waals surface area contributed by atoms with Crippen molar-refractivity contribution in [2.75, 3.05) is 59.9 Å². The van der Waals surface area contributed by atoms with Crippen LogP contribution in [0.5, 0.6) is 11.5 Å². The molecule has 1 N–H and O–H groups in total. The first kappa shape index (κ1) is 34.2.